The van der Waals surface area contributed by atoms with Crippen molar-refractivity contribution in [1.82, 2.24) is 10.2 Å². The highest BCUT2D eigenvalue weighted by Crippen LogP contribution is 2.04. The Hall–Kier alpha value is -1.14. The minimum Gasteiger partial charge on any atom is -0.383 e. The minimum absolute atomic E-state index is 0.0413. The Labute approximate surface area is 102 Å². The molecule has 0 aliphatic rings. The second-order valence-corrected chi connectivity index (χ2v) is 4.18. The number of nitrogens with two attached hydrogens (primary N) is 1. The van der Waals surface area contributed by atoms with Gasteiger partial charge in [0.25, 0.3) is 0 Å². The van der Waals surface area contributed by atoms with Crippen LogP contribution in [0.1, 0.15) is 13.8 Å². The van der Waals surface area contributed by atoms with Gasteiger partial charge in [-0.05, 0) is 6.92 Å². The van der Waals surface area contributed by atoms with E-state index in [0.717, 1.165) is 0 Å². The van der Waals surface area contributed by atoms with Crippen LogP contribution in [-0.4, -0.2) is 56.6 Å². The molecule has 0 aromatic heterocycles. The minimum atomic E-state index is -0.285. The van der Waals surface area contributed by atoms with Crippen molar-refractivity contribution in [2.24, 2.45) is 11.7 Å². The molecule has 0 saturated carbocycles. The Morgan fingerprint density at radius 3 is 2.47 bits per heavy atom. The van der Waals surface area contributed by atoms with E-state index in [1.165, 1.54) is 4.90 Å². The fraction of sp³-hybridized carbons (Fsp3) is 0.818. The van der Waals surface area contributed by atoms with Gasteiger partial charge in [-0.15, -0.1) is 0 Å². The molecule has 3 N–H and O–H groups in total. The Morgan fingerprint density at radius 2 is 2.00 bits per heavy atom. The largest absolute Gasteiger partial charge is 0.383 e. The first-order valence-corrected chi connectivity index (χ1v) is 5.66. The number of carbonyl (C=O) groups is 2. The van der Waals surface area contributed by atoms with Crippen molar-refractivity contribution in [3.05, 3.63) is 0 Å². The molecule has 6 heteroatoms. The summed E-state index contributed by atoms with van der Waals surface area (Å²) in [7, 11) is 3.16. The van der Waals surface area contributed by atoms with Gasteiger partial charge in [0, 0.05) is 26.7 Å². The third-order valence-corrected chi connectivity index (χ3v) is 2.56. The number of rotatable bonds is 7. The number of ether oxygens (including phenoxy) is 1. The average Bonchev–Trinajstić information content (AvgIpc) is 2.27. The number of carbonyl (C=O) groups excluding carboxylic acids is 2. The monoisotopic (exact) mass is 245 g/mol. The number of methoxy groups -OCH3 is 1. The fourth-order valence-corrected chi connectivity index (χ4v) is 1.21. The molecule has 2 atom stereocenters. The summed E-state index contributed by atoms with van der Waals surface area (Å²) in [6.07, 6.45) is 0. The van der Waals surface area contributed by atoms with Gasteiger partial charge in [-0.2, -0.15) is 0 Å². The van der Waals surface area contributed by atoms with E-state index in [4.69, 9.17) is 10.5 Å². The SMILES string of the molecule is COCCNC(=O)CN(C)C(=O)C(C)C(C)N. The van der Waals surface area contributed by atoms with Gasteiger partial charge in [0.05, 0.1) is 19.1 Å². The third-order valence-electron chi connectivity index (χ3n) is 2.56. The van der Waals surface area contributed by atoms with Crippen LogP contribution in [0.4, 0.5) is 0 Å². The lowest BCUT2D eigenvalue weighted by Crippen LogP contribution is -2.44. The Bertz CT molecular complexity index is 256. The molecule has 2 amide bonds. The molecule has 0 aromatic carbocycles. The third kappa shape index (κ3) is 6.23. The Kier molecular flexibility index (Phi) is 7.49. The van der Waals surface area contributed by atoms with Crippen LogP contribution in [-0.2, 0) is 14.3 Å². The van der Waals surface area contributed by atoms with Crippen LogP contribution in [0.5, 0.6) is 0 Å². The summed E-state index contributed by atoms with van der Waals surface area (Å²) in [6, 6.07) is -0.221. The molecule has 17 heavy (non-hydrogen) atoms. The van der Waals surface area contributed by atoms with E-state index in [1.54, 1.807) is 28.0 Å². The van der Waals surface area contributed by atoms with Gasteiger partial charge in [0.2, 0.25) is 11.8 Å². The summed E-state index contributed by atoms with van der Waals surface area (Å²) < 4.78 is 4.80. The number of hydrogen-bond donors (Lipinski definition) is 2. The van der Waals surface area contributed by atoms with Crippen molar-refractivity contribution in [2.75, 3.05) is 33.9 Å². The molecule has 2 unspecified atom stereocenters. The first-order chi connectivity index (χ1) is 7.90. The molecule has 0 radical (unpaired) electrons. The molecule has 0 aromatic rings. The van der Waals surface area contributed by atoms with Crippen molar-refractivity contribution in [2.45, 2.75) is 19.9 Å². The van der Waals surface area contributed by atoms with Gasteiger partial charge < -0.3 is 20.7 Å². The Balaban J connectivity index is 4.03. The van der Waals surface area contributed by atoms with Crippen LogP contribution in [0.2, 0.25) is 0 Å². The van der Waals surface area contributed by atoms with E-state index >= 15 is 0 Å². The zero-order chi connectivity index (χ0) is 13.4. The van der Waals surface area contributed by atoms with Crippen LogP contribution in [0.15, 0.2) is 0 Å². The van der Waals surface area contributed by atoms with Crippen LogP contribution in [0.3, 0.4) is 0 Å². The molecule has 0 spiro atoms. The molecule has 0 aliphatic carbocycles. The van der Waals surface area contributed by atoms with E-state index in [0.29, 0.717) is 13.2 Å². The summed E-state index contributed by atoms with van der Waals surface area (Å²) in [6.45, 7) is 4.47. The maximum Gasteiger partial charge on any atom is 0.239 e. The van der Waals surface area contributed by atoms with Gasteiger partial charge >= 0.3 is 0 Å². The zero-order valence-electron chi connectivity index (χ0n) is 11.0. The number of amides is 2. The van der Waals surface area contributed by atoms with E-state index in [9.17, 15) is 9.59 Å². The lowest BCUT2D eigenvalue weighted by atomic mass is 10.0. The summed E-state index contributed by atoms with van der Waals surface area (Å²) in [5, 5.41) is 2.65. The quantitative estimate of drug-likeness (QED) is 0.575. The molecule has 0 aliphatic heterocycles. The average molecular weight is 245 g/mol. The lowest BCUT2D eigenvalue weighted by Gasteiger charge is -2.22. The standard InChI is InChI=1S/C11H23N3O3/c1-8(9(2)12)11(16)14(3)7-10(15)13-5-6-17-4/h8-9H,5-7,12H2,1-4H3,(H,13,15). The highest BCUT2D eigenvalue weighted by molar-refractivity contribution is 5.85. The number of nitrogens with one attached hydrogen (secondary N) is 1. The van der Waals surface area contributed by atoms with Gasteiger partial charge in [-0.3, -0.25) is 9.59 Å². The maximum atomic E-state index is 11.8. The lowest BCUT2D eigenvalue weighted by molar-refractivity contribution is -0.138. The topological polar surface area (TPSA) is 84.7 Å². The molecular weight excluding hydrogens is 222 g/mol. The highest BCUT2D eigenvalue weighted by Gasteiger charge is 2.22. The number of nitrogens with zero attached hydrogens (tertiary/aromatic N) is 1. The molecular formula is C11H23N3O3. The van der Waals surface area contributed by atoms with Crippen molar-refractivity contribution in [1.29, 1.82) is 0 Å². The van der Waals surface area contributed by atoms with Crippen LogP contribution in [0.25, 0.3) is 0 Å². The van der Waals surface area contributed by atoms with E-state index < -0.39 is 0 Å². The van der Waals surface area contributed by atoms with Crippen molar-refractivity contribution < 1.29 is 14.3 Å². The van der Waals surface area contributed by atoms with E-state index in [-0.39, 0.29) is 30.3 Å². The predicted octanol–water partition coefficient (Wildman–Crippen LogP) is -0.809. The van der Waals surface area contributed by atoms with Gasteiger partial charge in [0.15, 0.2) is 0 Å². The highest BCUT2D eigenvalue weighted by atomic mass is 16.5. The first kappa shape index (κ1) is 15.9. The smallest absolute Gasteiger partial charge is 0.239 e. The van der Waals surface area contributed by atoms with Crippen LogP contribution < -0.4 is 11.1 Å². The summed E-state index contributed by atoms with van der Waals surface area (Å²) in [5.41, 5.74) is 5.64. The van der Waals surface area contributed by atoms with Crippen molar-refractivity contribution >= 4 is 11.8 Å². The predicted molar refractivity (Wildman–Crippen MR) is 65.3 cm³/mol. The second-order valence-electron chi connectivity index (χ2n) is 4.18. The molecule has 6 nitrogen and oxygen atoms in total. The zero-order valence-corrected chi connectivity index (χ0v) is 11.0. The molecule has 0 bridgehead atoms. The fourth-order valence-electron chi connectivity index (χ4n) is 1.21. The molecule has 0 fully saturated rings. The van der Waals surface area contributed by atoms with Crippen molar-refractivity contribution in [3.8, 4) is 0 Å². The number of likely N-dealkylation sites (N-methyl/N-ethyl adjacent to an activating group) is 1. The summed E-state index contributed by atoms with van der Waals surface area (Å²) in [4.78, 5) is 24.6. The Morgan fingerprint density at radius 1 is 1.41 bits per heavy atom. The van der Waals surface area contributed by atoms with Crippen LogP contribution >= 0.6 is 0 Å². The molecule has 0 rings (SSSR count). The van der Waals surface area contributed by atoms with Gasteiger partial charge in [0.1, 0.15) is 0 Å². The first-order valence-electron chi connectivity index (χ1n) is 5.66. The van der Waals surface area contributed by atoms with Gasteiger partial charge in [-0.1, -0.05) is 6.92 Å². The normalized spacial score (nSPS) is 13.9. The molecule has 0 saturated heterocycles. The number of hydrogen-bond acceptors (Lipinski definition) is 4. The molecule has 100 valence electrons. The second kappa shape index (κ2) is 8.03. The van der Waals surface area contributed by atoms with E-state index in [1.807, 2.05) is 0 Å². The van der Waals surface area contributed by atoms with E-state index in [2.05, 4.69) is 5.32 Å². The molecule has 0 heterocycles. The maximum absolute atomic E-state index is 11.8. The summed E-state index contributed by atoms with van der Waals surface area (Å²) >= 11 is 0. The van der Waals surface area contributed by atoms with Gasteiger partial charge in [-0.25, -0.2) is 0 Å². The summed E-state index contributed by atoms with van der Waals surface area (Å²) in [5.74, 6) is -0.608. The van der Waals surface area contributed by atoms with Crippen LogP contribution in [0, 0.1) is 5.92 Å². The van der Waals surface area contributed by atoms with Crippen molar-refractivity contribution in [3.63, 3.8) is 0 Å².